The van der Waals surface area contributed by atoms with Gasteiger partial charge in [-0.3, -0.25) is 4.98 Å². The highest BCUT2D eigenvalue weighted by Gasteiger charge is 2.28. The fourth-order valence-electron chi connectivity index (χ4n) is 2.74. The van der Waals surface area contributed by atoms with E-state index in [-0.39, 0.29) is 16.3 Å². The van der Waals surface area contributed by atoms with Gasteiger partial charge in [0.1, 0.15) is 0 Å². The van der Waals surface area contributed by atoms with Crippen LogP contribution in [0.5, 0.6) is 0 Å². The molecule has 1 atom stereocenters. The zero-order chi connectivity index (χ0) is 15.7. The summed E-state index contributed by atoms with van der Waals surface area (Å²) < 4.78 is 41.4. The number of hydrogen-bond acceptors (Lipinski definition) is 4. The summed E-state index contributed by atoms with van der Waals surface area (Å²) in [6, 6.07) is 5.02. The van der Waals surface area contributed by atoms with Crippen LogP contribution < -0.4 is 5.32 Å². The largest absolute Gasteiger partial charge is 0.313 e. The quantitative estimate of drug-likeness (QED) is 0.914. The first kappa shape index (κ1) is 15.3. The van der Waals surface area contributed by atoms with E-state index in [1.807, 2.05) is 6.92 Å². The number of pyridine rings is 1. The molecular formula is C15H18FN3O2S. The van der Waals surface area contributed by atoms with Gasteiger partial charge in [-0.1, -0.05) is 12.1 Å². The number of nitrogens with zero attached hydrogens (tertiary/aromatic N) is 2. The third-order valence-electron chi connectivity index (χ3n) is 3.98. The Kier molecular flexibility index (Phi) is 4.12. The number of sulfonamides is 1. The first-order chi connectivity index (χ1) is 10.5. The summed E-state index contributed by atoms with van der Waals surface area (Å²) in [4.78, 5) is 3.79. The van der Waals surface area contributed by atoms with Crippen molar-refractivity contribution >= 4 is 20.8 Å². The predicted octanol–water partition coefficient (Wildman–Crippen LogP) is 1.75. The molecule has 0 radical (unpaired) electrons. The van der Waals surface area contributed by atoms with E-state index < -0.39 is 15.8 Å². The van der Waals surface area contributed by atoms with Gasteiger partial charge in [0.2, 0.25) is 10.0 Å². The number of hydrogen-bond donors (Lipinski definition) is 1. The summed E-state index contributed by atoms with van der Waals surface area (Å²) in [5.74, 6) is -0.613. The Morgan fingerprint density at radius 1 is 1.32 bits per heavy atom. The van der Waals surface area contributed by atoms with Crippen molar-refractivity contribution in [3.8, 4) is 0 Å². The molecule has 2 aromatic rings. The highest BCUT2D eigenvalue weighted by molar-refractivity contribution is 7.89. The molecule has 1 saturated heterocycles. The van der Waals surface area contributed by atoms with E-state index in [0.717, 1.165) is 12.6 Å². The van der Waals surface area contributed by atoms with E-state index in [9.17, 15) is 12.8 Å². The molecule has 0 saturated carbocycles. The first-order valence-corrected chi connectivity index (χ1v) is 8.70. The smallest absolute Gasteiger partial charge is 0.243 e. The molecule has 1 unspecified atom stereocenters. The second-order valence-electron chi connectivity index (χ2n) is 5.52. The lowest BCUT2D eigenvalue weighted by molar-refractivity contribution is 0.429. The van der Waals surface area contributed by atoms with Gasteiger partial charge in [0.25, 0.3) is 0 Å². The van der Waals surface area contributed by atoms with Crippen LogP contribution in [0.4, 0.5) is 4.39 Å². The second kappa shape index (κ2) is 5.91. The highest BCUT2D eigenvalue weighted by atomic mass is 32.2. The Hall–Kier alpha value is -1.57. The molecule has 1 fully saturated rings. The monoisotopic (exact) mass is 323 g/mol. The molecule has 1 aromatic heterocycles. The SMILES string of the molecule is CC1CCN(S(=O)(=O)c2cccc3cncc(F)c23)CCN1. The molecule has 0 amide bonds. The minimum absolute atomic E-state index is 0.0134. The van der Waals surface area contributed by atoms with Gasteiger partial charge in [-0.2, -0.15) is 4.31 Å². The maximum Gasteiger partial charge on any atom is 0.243 e. The molecule has 0 spiro atoms. The maximum atomic E-state index is 14.1. The summed E-state index contributed by atoms with van der Waals surface area (Å²) in [6.45, 7) is 3.43. The number of nitrogens with one attached hydrogen (secondary N) is 1. The molecular weight excluding hydrogens is 305 g/mol. The maximum absolute atomic E-state index is 14.1. The van der Waals surface area contributed by atoms with Crippen LogP contribution in [0.2, 0.25) is 0 Å². The number of fused-ring (bicyclic) bond motifs is 1. The topological polar surface area (TPSA) is 62.3 Å². The zero-order valence-electron chi connectivity index (χ0n) is 12.3. The molecule has 22 heavy (non-hydrogen) atoms. The first-order valence-electron chi connectivity index (χ1n) is 7.26. The highest BCUT2D eigenvalue weighted by Crippen LogP contribution is 2.27. The number of aromatic nitrogens is 1. The van der Waals surface area contributed by atoms with Crippen LogP contribution in [0.1, 0.15) is 13.3 Å². The van der Waals surface area contributed by atoms with Crippen molar-refractivity contribution in [2.45, 2.75) is 24.3 Å². The van der Waals surface area contributed by atoms with Gasteiger partial charge in [-0.15, -0.1) is 0 Å². The fourth-order valence-corrected chi connectivity index (χ4v) is 4.42. The van der Waals surface area contributed by atoms with Crippen molar-refractivity contribution in [2.24, 2.45) is 0 Å². The lowest BCUT2D eigenvalue weighted by Crippen LogP contribution is -2.34. The summed E-state index contributed by atoms with van der Waals surface area (Å²) >= 11 is 0. The van der Waals surface area contributed by atoms with E-state index in [0.29, 0.717) is 25.0 Å². The van der Waals surface area contributed by atoms with Crippen molar-refractivity contribution in [2.75, 3.05) is 19.6 Å². The van der Waals surface area contributed by atoms with Gasteiger partial charge < -0.3 is 5.32 Å². The summed E-state index contributed by atoms with van der Waals surface area (Å²) in [5, 5.41) is 3.86. The van der Waals surface area contributed by atoms with Crippen molar-refractivity contribution in [3.63, 3.8) is 0 Å². The lowest BCUT2D eigenvalue weighted by Gasteiger charge is -2.20. The Morgan fingerprint density at radius 2 is 2.14 bits per heavy atom. The van der Waals surface area contributed by atoms with Crippen LogP contribution in [0, 0.1) is 5.82 Å². The Bertz CT molecular complexity index is 789. The molecule has 3 rings (SSSR count). The lowest BCUT2D eigenvalue weighted by atomic mass is 10.2. The fraction of sp³-hybridized carbons (Fsp3) is 0.400. The van der Waals surface area contributed by atoms with Gasteiger partial charge in [0, 0.05) is 42.6 Å². The third-order valence-corrected chi connectivity index (χ3v) is 5.92. The molecule has 5 nitrogen and oxygen atoms in total. The van der Waals surface area contributed by atoms with Gasteiger partial charge >= 0.3 is 0 Å². The molecule has 1 aliphatic heterocycles. The van der Waals surface area contributed by atoms with E-state index in [2.05, 4.69) is 10.3 Å². The Morgan fingerprint density at radius 3 is 2.95 bits per heavy atom. The summed E-state index contributed by atoms with van der Waals surface area (Å²) in [6.07, 6.45) is 3.25. The van der Waals surface area contributed by atoms with E-state index in [4.69, 9.17) is 0 Å². The standard InChI is InChI=1S/C15H18FN3O2S/c1-11-5-7-19(8-6-18-11)22(20,21)14-4-2-3-12-9-17-10-13(16)15(12)14/h2-4,9-11,18H,5-8H2,1H3. The number of rotatable bonds is 2. The Balaban J connectivity index is 2.09. The van der Waals surface area contributed by atoms with Crippen LogP contribution in [-0.2, 0) is 10.0 Å². The van der Waals surface area contributed by atoms with Gasteiger partial charge in [0.05, 0.1) is 11.1 Å². The number of halogens is 1. The molecule has 0 bridgehead atoms. The van der Waals surface area contributed by atoms with Crippen LogP contribution in [-0.4, -0.2) is 43.4 Å². The van der Waals surface area contributed by atoms with E-state index >= 15 is 0 Å². The molecule has 2 heterocycles. The molecule has 0 aliphatic carbocycles. The summed E-state index contributed by atoms with van der Waals surface area (Å²) in [7, 11) is -3.73. The average Bonchev–Trinajstić information content (AvgIpc) is 2.72. The molecule has 1 aromatic carbocycles. The van der Waals surface area contributed by atoms with Crippen LogP contribution in [0.3, 0.4) is 0 Å². The van der Waals surface area contributed by atoms with Crippen molar-refractivity contribution in [1.29, 1.82) is 0 Å². The average molecular weight is 323 g/mol. The van der Waals surface area contributed by atoms with E-state index in [1.54, 1.807) is 12.1 Å². The predicted molar refractivity (Wildman–Crippen MR) is 82.5 cm³/mol. The van der Waals surface area contributed by atoms with Gasteiger partial charge in [-0.05, 0) is 19.4 Å². The minimum Gasteiger partial charge on any atom is -0.313 e. The molecule has 118 valence electrons. The normalized spacial score (nSPS) is 20.9. The minimum atomic E-state index is -3.73. The second-order valence-corrected chi connectivity index (χ2v) is 7.43. The molecule has 1 N–H and O–H groups in total. The van der Waals surface area contributed by atoms with Crippen LogP contribution in [0.25, 0.3) is 10.8 Å². The van der Waals surface area contributed by atoms with Crippen molar-refractivity contribution < 1.29 is 12.8 Å². The van der Waals surface area contributed by atoms with Gasteiger partial charge in [0.15, 0.2) is 5.82 Å². The zero-order valence-corrected chi connectivity index (χ0v) is 13.1. The van der Waals surface area contributed by atoms with Gasteiger partial charge in [-0.25, -0.2) is 12.8 Å². The van der Waals surface area contributed by atoms with Crippen molar-refractivity contribution in [3.05, 3.63) is 36.4 Å². The Labute approximate surface area is 129 Å². The summed E-state index contributed by atoms with van der Waals surface area (Å²) in [5.41, 5.74) is 0. The van der Waals surface area contributed by atoms with Crippen molar-refractivity contribution in [1.82, 2.24) is 14.6 Å². The molecule has 1 aliphatic rings. The van der Waals surface area contributed by atoms with Crippen LogP contribution in [0.15, 0.2) is 35.5 Å². The van der Waals surface area contributed by atoms with Crippen LogP contribution >= 0.6 is 0 Å². The number of benzene rings is 1. The molecule has 7 heteroatoms. The third kappa shape index (κ3) is 2.71. The van der Waals surface area contributed by atoms with E-state index in [1.165, 1.54) is 16.6 Å².